The number of carbonyl (C=O) groups is 1. The molecule has 0 unspecified atom stereocenters. The summed E-state index contributed by atoms with van der Waals surface area (Å²) in [5.41, 5.74) is -2.32. The molecule has 0 saturated carbocycles. The van der Waals surface area contributed by atoms with E-state index >= 15 is 0 Å². The summed E-state index contributed by atoms with van der Waals surface area (Å²) in [5, 5.41) is 8.79. The highest BCUT2D eigenvalue weighted by Crippen LogP contribution is 2.22. The highest BCUT2D eigenvalue weighted by molar-refractivity contribution is 5.74. The van der Waals surface area contributed by atoms with Crippen LogP contribution < -0.4 is 5.56 Å². The SMILES string of the molecule is CCOC(=O)Cc1c(C#N)c[nH]c(=O)c1C(F)F. The minimum atomic E-state index is -3.06. The van der Waals surface area contributed by atoms with Gasteiger partial charge in [-0.05, 0) is 12.5 Å². The zero-order chi connectivity index (χ0) is 13.7. The molecule has 0 radical (unpaired) electrons. The molecule has 0 aliphatic heterocycles. The standard InChI is InChI=1S/C11H10F2N2O3/c1-2-18-8(16)3-7-6(4-14)5-15-11(17)9(7)10(12)13/h5,10H,2-3H2,1H3,(H,15,17). The summed E-state index contributed by atoms with van der Waals surface area (Å²) in [6.45, 7) is 1.66. The second-order valence-corrected chi connectivity index (χ2v) is 3.32. The summed E-state index contributed by atoms with van der Waals surface area (Å²) in [4.78, 5) is 24.6. The van der Waals surface area contributed by atoms with Gasteiger partial charge in [-0.3, -0.25) is 9.59 Å². The van der Waals surface area contributed by atoms with E-state index in [0.29, 0.717) is 0 Å². The van der Waals surface area contributed by atoms with Crippen molar-refractivity contribution in [2.45, 2.75) is 19.8 Å². The van der Waals surface area contributed by atoms with Crippen LogP contribution in [0.3, 0.4) is 0 Å². The molecule has 1 N–H and O–H groups in total. The van der Waals surface area contributed by atoms with Crippen LogP contribution in [0.1, 0.15) is 30.0 Å². The van der Waals surface area contributed by atoms with Crippen LogP contribution in [0, 0.1) is 11.3 Å². The molecule has 0 fully saturated rings. The monoisotopic (exact) mass is 256 g/mol. The van der Waals surface area contributed by atoms with Crippen molar-refractivity contribution in [2.24, 2.45) is 0 Å². The van der Waals surface area contributed by atoms with E-state index in [1.165, 1.54) is 0 Å². The molecule has 1 aromatic heterocycles. The first-order valence-electron chi connectivity index (χ1n) is 5.09. The number of hydrogen-bond acceptors (Lipinski definition) is 4. The summed E-state index contributed by atoms with van der Waals surface area (Å²) in [7, 11) is 0. The molecule has 0 aliphatic carbocycles. The number of nitrogens with one attached hydrogen (secondary N) is 1. The van der Waals surface area contributed by atoms with Crippen LogP contribution in [0.25, 0.3) is 0 Å². The van der Waals surface area contributed by atoms with Crippen molar-refractivity contribution in [3.05, 3.63) is 33.2 Å². The Bertz CT molecular complexity index is 546. The fourth-order valence-corrected chi connectivity index (χ4v) is 1.46. The quantitative estimate of drug-likeness (QED) is 0.823. The van der Waals surface area contributed by atoms with Gasteiger partial charge in [0.05, 0.1) is 24.2 Å². The fourth-order valence-electron chi connectivity index (χ4n) is 1.46. The van der Waals surface area contributed by atoms with Crippen LogP contribution in [0.5, 0.6) is 0 Å². The number of carbonyl (C=O) groups excluding carboxylic acids is 1. The first-order valence-corrected chi connectivity index (χ1v) is 5.09. The molecule has 0 spiro atoms. The number of hydrogen-bond donors (Lipinski definition) is 1. The maximum atomic E-state index is 12.8. The molecule has 7 heteroatoms. The number of halogens is 2. The van der Waals surface area contributed by atoms with E-state index in [4.69, 9.17) is 5.26 Å². The Kier molecular flexibility index (Phi) is 4.54. The van der Waals surface area contributed by atoms with Crippen LogP contribution in [-0.4, -0.2) is 17.6 Å². The first kappa shape index (κ1) is 13.8. The molecule has 18 heavy (non-hydrogen) atoms. The topological polar surface area (TPSA) is 82.9 Å². The van der Waals surface area contributed by atoms with Crippen molar-refractivity contribution in [1.29, 1.82) is 5.26 Å². The van der Waals surface area contributed by atoms with Crippen molar-refractivity contribution in [2.75, 3.05) is 6.61 Å². The van der Waals surface area contributed by atoms with E-state index in [-0.39, 0.29) is 17.7 Å². The van der Waals surface area contributed by atoms with Gasteiger partial charge in [-0.1, -0.05) is 0 Å². The van der Waals surface area contributed by atoms with Crippen LogP contribution in [0.2, 0.25) is 0 Å². The van der Waals surface area contributed by atoms with Crippen molar-refractivity contribution >= 4 is 5.97 Å². The van der Waals surface area contributed by atoms with E-state index in [2.05, 4.69) is 4.74 Å². The summed E-state index contributed by atoms with van der Waals surface area (Å²) in [5.74, 6) is -0.763. The minimum absolute atomic E-state index is 0.0912. The molecule has 0 aromatic carbocycles. The van der Waals surface area contributed by atoms with Crippen LogP contribution in [-0.2, 0) is 16.0 Å². The summed E-state index contributed by atoms with van der Waals surface area (Å²) < 4.78 is 30.1. The lowest BCUT2D eigenvalue weighted by molar-refractivity contribution is -0.142. The molecule has 0 atom stereocenters. The Morgan fingerprint density at radius 3 is 2.78 bits per heavy atom. The predicted molar refractivity (Wildman–Crippen MR) is 57.1 cm³/mol. The molecule has 0 aliphatic rings. The van der Waals surface area contributed by atoms with Crippen molar-refractivity contribution in [3.63, 3.8) is 0 Å². The molecule has 1 aromatic rings. The Hall–Kier alpha value is -2.23. The number of pyridine rings is 1. The molecule has 96 valence electrons. The molecule has 0 amide bonds. The number of ether oxygens (including phenoxy) is 1. The number of H-pyrrole nitrogens is 1. The van der Waals surface area contributed by atoms with E-state index in [0.717, 1.165) is 6.20 Å². The Morgan fingerprint density at radius 2 is 2.28 bits per heavy atom. The zero-order valence-electron chi connectivity index (χ0n) is 9.50. The number of nitriles is 1. The second kappa shape index (κ2) is 5.91. The summed E-state index contributed by atoms with van der Waals surface area (Å²) >= 11 is 0. The van der Waals surface area contributed by atoms with Crippen LogP contribution in [0.15, 0.2) is 11.0 Å². The van der Waals surface area contributed by atoms with E-state index < -0.39 is 29.9 Å². The first-order chi connectivity index (χ1) is 8.51. The maximum absolute atomic E-state index is 12.8. The largest absolute Gasteiger partial charge is 0.466 e. The minimum Gasteiger partial charge on any atom is -0.466 e. The van der Waals surface area contributed by atoms with Gasteiger partial charge >= 0.3 is 5.97 Å². The third-order valence-corrected chi connectivity index (χ3v) is 2.21. The number of rotatable bonds is 4. The fraction of sp³-hybridized carbons (Fsp3) is 0.364. The smallest absolute Gasteiger partial charge is 0.310 e. The molecular formula is C11H10F2N2O3. The molecule has 1 heterocycles. The molecular weight excluding hydrogens is 246 g/mol. The lowest BCUT2D eigenvalue weighted by Crippen LogP contribution is -2.20. The number of nitrogens with zero attached hydrogens (tertiary/aromatic N) is 1. The Balaban J connectivity index is 3.30. The second-order valence-electron chi connectivity index (χ2n) is 3.32. The van der Waals surface area contributed by atoms with Crippen LogP contribution >= 0.6 is 0 Å². The third kappa shape index (κ3) is 2.91. The molecule has 0 saturated heterocycles. The number of alkyl halides is 2. The molecule has 5 nitrogen and oxygen atoms in total. The summed E-state index contributed by atoms with van der Waals surface area (Å²) in [6.07, 6.45) is -2.59. The average molecular weight is 256 g/mol. The molecule has 0 bridgehead atoms. The molecule has 1 rings (SSSR count). The average Bonchev–Trinajstić information content (AvgIpc) is 2.29. The summed E-state index contributed by atoms with van der Waals surface area (Å²) in [6, 6.07) is 1.65. The van der Waals surface area contributed by atoms with Gasteiger partial charge in [0.2, 0.25) is 0 Å². The van der Waals surface area contributed by atoms with E-state index in [9.17, 15) is 18.4 Å². The van der Waals surface area contributed by atoms with Gasteiger partial charge in [0.15, 0.2) is 0 Å². The highest BCUT2D eigenvalue weighted by atomic mass is 19.3. The van der Waals surface area contributed by atoms with Gasteiger partial charge in [-0.15, -0.1) is 0 Å². The van der Waals surface area contributed by atoms with Gasteiger partial charge in [-0.2, -0.15) is 5.26 Å². The number of aromatic amines is 1. The van der Waals surface area contributed by atoms with Gasteiger partial charge in [-0.25, -0.2) is 8.78 Å². The normalized spacial score (nSPS) is 10.2. The van der Waals surface area contributed by atoms with Gasteiger partial charge < -0.3 is 9.72 Å². The number of aromatic nitrogens is 1. The van der Waals surface area contributed by atoms with E-state index in [1.54, 1.807) is 13.0 Å². The van der Waals surface area contributed by atoms with Crippen molar-refractivity contribution in [1.82, 2.24) is 4.98 Å². The Labute approximate surface area is 101 Å². The maximum Gasteiger partial charge on any atom is 0.310 e. The predicted octanol–water partition coefficient (Wildman–Crippen LogP) is 1.29. The Morgan fingerprint density at radius 1 is 1.61 bits per heavy atom. The lowest BCUT2D eigenvalue weighted by atomic mass is 10.0. The van der Waals surface area contributed by atoms with Crippen LogP contribution in [0.4, 0.5) is 8.78 Å². The zero-order valence-corrected chi connectivity index (χ0v) is 9.50. The van der Waals surface area contributed by atoms with Gasteiger partial charge in [0, 0.05) is 6.20 Å². The third-order valence-electron chi connectivity index (χ3n) is 2.21. The lowest BCUT2D eigenvalue weighted by Gasteiger charge is -2.09. The van der Waals surface area contributed by atoms with Crippen molar-refractivity contribution < 1.29 is 18.3 Å². The number of esters is 1. The van der Waals surface area contributed by atoms with Gasteiger partial charge in [0.1, 0.15) is 6.07 Å². The van der Waals surface area contributed by atoms with E-state index in [1.807, 2.05) is 4.98 Å². The highest BCUT2D eigenvalue weighted by Gasteiger charge is 2.22. The van der Waals surface area contributed by atoms with Crippen molar-refractivity contribution in [3.8, 4) is 6.07 Å². The van der Waals surface area contributed by atoms with Gasteiger partial charge in [0.25, 0.3) is 12.0 Å².